The lowest BCUT2D eigenvalue weighted by molar-refractivity contribution is 0.884. The Hall–Kier alpha value is -1.70. The average Bonchev–Trinajstić information content (AvgIpc) is 2.36. The fraction of sp³-hybridized carbons (Fsp3) is 0.200. The summed E-state index contributed by atoms with van der Waals surface area (Å²) < 4.78 is 0. The monoisotopic (exact) mass is 219 g/mol. The van der Waals surface area contributed by atoms with Crippen LogP contribution in [0.2, 0.25) is 0 Å². The molecule has 1 heterocycles. The number of para-hydroxylation sites is 1. The highest BCUT2D eigenvalue weighted by Crippen LogP contribution is 2.26. The summed E-state index contributed by atoms with van der Waals surface area (Å²) in [7, 11) is 6.16. The first-order valence-corrected chi connectivity index (χ1v) is 6.01. The third-order valence-electron chi connectivity index (χ3n) is 3.42. The molecule has 0 fully saturated rings. The summed E-state index contributed by atoms with van der Waals surface area (Å²) in [6.07, 6.45) is 2.15. The summed E-state index contributed by atoms with van der Waals surface area (Å²) in [4.78, 5) is 1.85. The first-order valence-electron chi connectivity index (χ1n) is 6.01. The van der Waals surface area contributed by atoms with E-state index in [1.165, 1.54) is 16.7 Å². The van der Waals surface area contributed by atoms with Crippen LogP contribution in [0.5, 0.6) is 0 Å². The van der Waals surface area contributed by atoms with Gasteiger partial charge in [-0.15, -0.1) is 0 Å². The van der Waals surface area contributed by atoms with Crippen LogP contribution in [-0.2, 0) is 19.4 Å². The van der Waals surface area contributed by atoms with Crippen LogP contribution in [0.15, 0.2) is 48.5 Å². The molecule has 82 valence electrons. The molecule has 0 spiro atoms. The molecule has 1 nitrogen and oxygen atoms in total. The van der Waals surface area contributed by atoms with E-state index in [1.54, 1.807) is 0 Å². The van der Waals surface area contributed by atoms with E-state index in [1.807, 2.05) is 10.9 Å². The van der Waals surface area contributed by atoms with E-state index < -0.39 is 0 Å². The van der Waals surface area contributed by atoms with Crippen LogP contribution in [0.4, 0.5) is 5.69 Å². The van der Waals surface area contributed by atoms with Crippen molar-refractivity contribution in [1.82, 2.24) is 0 Å². The van der Waals surface area contributed by atoms with Gasteiger partial charge in [-0.25, -0.2) is 0 Å². The number of benzene rings is 2. The third kappa shape index (κ3) is 1.95. The zero-order valence-electron chi connectivity index (χ0n) is 9.76. The topological polar surface area (TPSA) is 3.24 Å². The highest BCUT2D eigenvalue weighted by molar-refractivity contribution is 6.18. The number of hydrogen-bond acceptors (Lipinski definition) is 1. The predicted octanol–water partition coefficient (Wildman–Crippen LogP) is 2.88. The molecule has 0 saturated carbocycles. The van der Waals surface area contributed by atoms with Gasteiger partial charge in [0.05, 0.1) is 0 Å². The standard InChI is InChI=1S/C15H14BN/c16-17-11-14-7-2-1-5-12(14)9-10-13-6-3-4-8-15(13)17/h1-8H,9-11H2. The Kier molecular flexibility index (Phi) is 2.64. The highest BCUT2D eigenvalue weighted by Gasteiger charge is 2.13. The van der Waals surface area contributed by atoms with E-state index in [9.17, 15) is 0 Å². The van der Waals surface area contributed by atoms with E-state index in [-0.39, 0.29) is 0 Å². The Morgan fingerprint density at radius 1 is 0.765 bits per heavy atom. The second kappa shape index (κ2) is 4.29. The van der Waals surface area contributed by atoms with Gasteiger partial charge in [-0.05, 0) is 35.6 Å². The fourth-order valence-corrected chi connectivity index (χ4v) is 2.50. The number of fused-ring (bicyclic) bond motifs is 2. The second-order valence-corrected chi connectivity index (χ2v) is 4.53. The Labute approximate surface area is 104 Å². The van der Waals surface area contributed by atoms with Gasteiger partial charge in [-0.3, -0.25) is 0 Å². The van der Waals surface area contributed by atoms with E-state index >= 15 is 0 Å². The molecule has 3 rings (SSSR count). The van der Waals surface area contributed by atoms with Crippen molar-refractivity contribution >= 4 is 13.7 Å². The largest absolute Gasteiger partial charge is 0.421 e. The van der Waals surface area contributed by atoms with Crippen LogP contribution in [-0.4, -0.2) is 7.98 Å². The maximum Gasteiger partial charge on any atom is 0.227 e. The summed E-state index contributed by atoms with van der Waals surface area (Å²) in [5.41, 5.74) is 5.24. The molecular weight excluding hydrogens is 205 g/mol. The van der Waals surface area contributed by atoms with Crippen molar-refractivity contribution in [3.05, 3.63) is 65.2 Å². The van der Waals surface area contributed by atoms with Crippen LogP contribution < -0.4 is 4.81 Å². The fourth-order valence-electron chi connectivity index (χ4n) is 2.50. The van der Waals surface area contributed by atoms with Crippen molar-refractivity contribution in [2.24, 2.45) is 0 Å². The van der Waals surface area contributed by atoms with E-state index in [0.717, 1.165) is 25.1 Å². The molecule has 0 amide bonds. The van der Waals surface area contributed by atoms with E-state index in [0.29, 0.717) is 0 Å². The minimum atomic E-state index is 0.785. The quantitative estimate of drug-likeness (QED) is 0.616. The van der Waals surface area contributed by atoms with Gasteiger partial charge in [0.1, 0.15) is 0 Å². The SMILES string of the molecule is [B]N1Cc2ccccc2CCc2ccccc21. The van der Waals surface area contributed by atoms with Crippen molar-refractivity contribution < 1.29 is 0 Å². The van der Waals surface area contributed by atoms with Crippen molar-refractivity contribution in [3.63, 3.8) is 0 Å². The lowest BCUT2D eigenvalue weighted by Gasteiger charge is -2.27. The van der Waals surface area contributed by atoms with Crippen molar-refractivity contribution in [1.29, 1.82) is 0 Å². The number of rotatable bonds is 0. The lowest BCUT2D eigenvalue weighted by Crippen LogP contribution is -2.22. The molecule has 0 N–H and O–H groups in total. The molecule has 2 radical (unpaired) electrons. The molecule has 0 aromatic heterocycles. The molecule has 2 heteroatoms. The smallest absolute Gasteiger partial charge is 0.227 e. The van der Waals surface area contributed by atoms with Crippen LogP contribution in [0.25, 0.3) is 0 Å². The number of aryl methyl sites for hydroxylation is 2. The Morgan fingerprint density at radius 2 is 1.35 bits per heavy atom. The summed E-state index contributed by atoms with van der Waals surface area (Å²) in [5.74, 6) is 0. The zero-order chi connectivity index (χ0) is 11.7. The maximum absolute atomic E-state index is 6.16. The molecule has 0 aliphatic carbocycles. The van der Waals surface area contributed by atoms with E-state index in [4.69, 9.17) is 7.98 Å². The first kappa shape index (κ1) is 10.5. The van der Waals surface area contributed by atoms with Crippen molar-refractivity contribution in [2.75, 3.05) is 4.81 Å². The predicted molar refractivity (Wildman–Crippen MR) is 72.2 cm³/mol. The van der Waals surface area contributed by atoms with Crippen LogP contribution in [0.3, 0.4) is 0 Å². The van der Waals surface area contributed by atoms with Crippen molar-refractivity contribution in [2.45, 2.75) is 19.4 Å². The molecule has 0 unspecified atom stereocenters. The van der Waals surface area contributed by atoms with Crippen LogP contribution in [0, 0.1) is 0 Å². The molecule has 1 aliphatic heterocycles. The van der Waals surface area contributed by atoms with Gasteiger partial charge in [-0.1, -0.05) is 42.5 Å². The number of anilines is 1. The number of hydrogen-bond donors (Lipinski definition) is 0. The normalized spacial score (nSPS) is 14.5. The van der Waals surface area contributed by atoms with E-state index in [2.05, 4.69) is 42.5 Å². The molecule has 2 aromatic carbocycles. The molecule has 0 bridgehead atoms. The lowest BCUT2D eigenvalue weighted by atomic mass is 9.94. The summed E-state index contributed by atoms with van der Waals surface area (Å²) in [6, 6.07) is 17.0. The molecule has 2 aromatic rings. The minimum absolute atomic E-state index is 0.785. The summed E-state index contributed by atoms with van der Waals surface area (Å²) in [5, 5.41) is 0. The zero-order valence-corrected chi connectivity index (χ0v) is 9.76. The van der Waals surface area contributed by atoms with Crippen LogP contribution >= 0.6 is 0 Å². The summed E-state index contributed by atoms with van der Waals surface area (Å²) >= 11 is 0. The van der Waals surface area contributed by atoms with Gasteiger partial charge in [0.2, 0.25) is 7.98 Å². The van der Waals surface area contributed by atoms with Gasteiger partial charge in [0.25, 0.3) is 0 Å². The van der Waals surface area contributed by atoms with Crippen molar-refractivity contribution in [3.8, 4) is 0 Å². The Morgan fingerprint density at radius 3 is 2.18 bits per heavy atom. The van der Waals surface area contributed by atoms with Gasteiger partial charge < -0.3 is 4.81 Å². The maximum atomic E-state index is 6.16. The van der Waals surface area contributed by atoms with Gasteiger partial charge in [-0.2, -0.15) is 0 Å². The van der Waals surface area contributed by atoms with Gasteiger partial charge in [0.15, 0.2) is 0 Å². The Bertz CT molecular complexity index is 536. The number of nitrogens with zero attached hydrogens (tertiary/aromatic N) is 1. The highest BCUT2D eigenvalue weighted by atomic mass is 15.0. The minimum Gasteiger partial charge on any atom is -0.421 e. The molecule has 0 atom stereocenters. The first-order chi connectivity index (χ1) is 8.34. The molecule has 0 saturated heterocycles. The molecule has 17 heavy (non-hydrogen) atoms. The summed E-state index contributed by atoms with van der Waals surface area (Å²) in [6.45, 7) is 0.785. The molecular formula is C15H14BN. The Balaban J connectivity index is 2.03. The van der Waals surface area contributed by atoms with Gasteiger partial charge >= 0.3 is 0 Å². The average molecular weight is 219 g/mol. The second-order valence-electron chi connectivity index (χ2n) is 4.53. The van der Waals surface area contributed by atoms with Gasteiger partial charge in [0, 0.05) is 12.2 Å². The third-order valence-corrected chi connectivity index (χ3v) is 3.42. The molecule has 1 aliphatic rings. The van der Waals surface area contributed by atoms with Crippen LogP contribution in [0.1, 0.15) is 16.7 Å².